The first-order valence-electron chi connectivity index (χ1n) is 11.3. The van der Waals surface area contributed by atoms with Crippen molar-refractivity contribution in [1.29, 1.82) is 0 Å². The second-order valence-electron chi connectivity index (χ2n) is 9.35. The lowest BCUT2D eigenvalue weighted by atomic mass is 9.78. The average Bonchev–Trinajstić information content (AvgIpc) is 2.77. The highest BCUT2D eigenvalue weighted by Gasteiger charge is 2.59. The van der Waals surface area contributed by atoms with Crippen LogP contribution < -0.4 is 20.3 Å². The molecule has 3 atom stereocenters. The van der Waals surface area contributed by atoms with E-state index in [1.165, 1.54) is 0 Å². The highest BCUT2D eigenvalue weighted by molar-refractivity contribution is 7.80. The zero-order chi connectivity index (χ0) is 25.1. The molecule has 2 heterocycles. The standard InChI is InChI=1S/C27H25Cl2N3O2S/c1-14-5-8-18(9-6-14)32-26(35)31-23-19-12-17(28)13-20(29)24(19)34-27(32,4)22(23)25(33)30-21-10-7-15(2)11-16(21)3/h5-13,22-23H,1-4H3,(H,30,33)(H,31,35)/t22-,23-,27-/m0/s1. The molecule has 0 saturated carbocycles. The molecule has 0 aromatic heterocycles. The van der Waals surface area contributed by atoms with Crippen LogP contribution >= 0.6 is 35.4 Å². The number of carbonyl (C=O) groups excluding carboxylic acids is 1. The van der Waals surface area contributed by atoms with Crippen LogP contribution in [-0.4, -0.2) is 16.7 Å². The van der Waals surface area contributed by atoms with Crippen molar-refractivity contribution in [2.24, 2.45) is 5.92 Å². The minimum Gasteiger partial charge on any atom is -0.465 e. The molecule has 2 bridgehead atoms. The number of aryl methyl sites for hydroxylation is 3. The number of hydrogen-bond donors (Lipinski definition) is 2. The molecule has 3 aromatic rings. The van der Waals surface area contributed by atoms with Crippen molar-refractivity contribution in [3.05, 3.63) is 86.9 Å². The topological polar surface area (TPSA) is 53.6 Å². The van der Waals surface area contributed by atoms with Gasteiger partial charge in [0.25, 0.3) is 0 Å². The highest BCUT2D eigenvalue weighted by atomic mass is 35.5. The van der Waals surface area contributed by atoms with Gasteiger partial charge in [0, 0.05) is 22.0 Å². The monoisotopic (exact) mass is 525 g/mol. The fourth-order valence-electron chi connectivity index (χ4n) is 5.05. The SMILES string of the molecule is Cc1ccc(N2C(=S)N[C@H]3c4cc(Cl)cc(Cl)c4O[C@@]2(C)[C@@H]3C(=O)Nc2ccc(C)cc2C)cc1. The Bertz CT molecular complexity index is 1360. The second kappa shape index (κ2) is 8.70. The van der Waals surface area contributed by atoms with Crippen LogP contribution in [0, 0.1) is 26.7 Å². The first-order valence-corrected chi connectivity index (χ1v) is 12.5. The third-order valence-corrected chi connectivity index (χ3v) is 7.53. The third-order valence-electron chi connectivity index (χ3n) is 6.73. The zero-order valence-corrected chi connectivity index (χ0v) is 22.1. The molecule has 3 aromatic carbocycles. The van der Waals surface area contributed by atoms with Gasteiger partial charge in [-0.05, 0) is 75.8 Å². The number of nitrogens with zero attached hydrogens (tertiary/aromatic N) is 1. The van der Waals surface area contributed by atoms with Crippen molar-refractivity contribution in [3.8, 4) is 5.75 Å². The van der Waals surface area contributed by atoms with Gasteiger partial charge in [-0.1, -0.05) is 58.6 Å². The van der Waals surface area contributed by atoms with Gasteiger partial charge in [-0.15, -0.1) is 0 Å². The lowest BCUT2D eigenvalue weighted by molar-refractivity contribution is -0.130. The molecule has 0 spiro atoms. The molecule has 1 fully saturated rings. The summed E-state index contributed by atoms with van der Waals surface area (Å²) < 4.78 is 6.61. The van der Waals surface area contributed by atoms with Crippen LogP contribution in [0.25, 0.3) is 0 Å². The zero-order valence-electron chi connectivity index (χ0n) is 19.8. The van der Waals surface area contributed by atoms with E-state index in [-0.39, 0.29) is 5.91 Å². The predicted molar refractivity (Wildman–Crippen MR) is 146 cm³/mol. The summed E-state index contributed by atoms with van der Waals surface area (Å²) in [5.74, 6) is -0.386. The highest BCUT2D eigenvalue weighted by Crippen LogP contribution is 2.52. The Balaban J connectivity index is 1.65. The molecule has 1 saturated heterocycles. The minimum absolute atomic E-state index is 0.196. The maximum Gasteiger partial charge on any atom is 0.236 e. The Hall–Kier alpha value is -2.80. The van der Waals surface area contributed by atoms with E-state index in [0.29, 0.717) is 26.5 Å². The molecule has 5 rings (SSSR count). The first kappa shape index (κ1) is 23.9. The quantitative estimate of drug-likeness (QED) is 0.371. The number of ether oxygens (including phenoxy) is 1. The molecule has 0 unspecified atom stereocenters. The number of thiocarbonyl (C=S) groups is 1. The van der Waals surface area contributed by atoms with Gasteiger partial charge in [0.2, 0.25) is 5.91 Å². The van der Waals surface area contributed by atoms with Gasteiger partial charge in [-0.3, -0.25) is 9.69 Å². The van der Waals surface area contributed by atoms with Crippen molar-refractivity contribution in [3.63, 3.8) is 0 Å². The smallest absolute Gasteiger partial charge is 0.236 e. The Kier molecular flexibility index (Phi) is 5.94. The fraction of sp³-hybridized carbons (Fsp3) is 0.259. The maximum absolute atomic E-state index is 14.0. The number of carbonyl (C=O) groups is 1. The van der Waals surface area contributed by atoms with Crippen molar-refractivity contribution < 1.29 is 9.53 Å². The lowest BCUT2D eigenvalue weighted by Crippen LogP contribution is -2.72. The number of benzene rings is 3. The number of fused-ring (bicyclic) bond motifs is 4. The molecular weight excluding hydrogens is 501 g/mol. The fourth-order valence-corrected chi connectivity index (χ4v) is 6.01. The van der Waals surface area contributed by atoms with Gasteiger partial charge in [0.15, 0.2) is 10.8 Å². The summed E-state index contributed by atoms with van der Waals surface area (Å²) in [5.41, 5.74) is 4.33. The van der Waals surface area contributed by atoms with Gasteiger partial charge >= 0.3 is 0 Å². The summed E-state index contributed by atoms with van der Waals surface area (Å²) >= 11 is 18.7. The maximum atomic E-state index is 14.0. The second-order valence-corrected chi connectivity index (χ2v) is 10.6. The number of hydrogen-bond acceptors (Lipinski definition) is 3. The van der Waals surface area contributed by atoms with E-state index in [1.807, 2.05) is 75.1 Å². The molecule has 35 heavy (non-hydrogen) atoms. The van der Waals surface area contributed by atoms with Crippen molar-refractivity contribution in [2.75, 3.05) is 10.2 Å². The summed E-state index contributed by atoms with van der Waals surface area (Å²) in [5, 5.41) is 7.81. The van der Waals surface area contributed by atoms with E-state index >= 15 is 0 Å². The molecule has 0 radical (unpaired) electrons. The summed E-state index contributed by atoms with van der Waals surface area (Å²) in [7, 11) is 0. The van der Waals surface area contributed by atoms with Crippen molar-refractivity contribution >= 4 is 57.8 Å². The molecular formula is C27H25Cl2N3O2S. The van der Waals surface area contributed by atoms with Crippen LogP contribution in [0.15, 0.2) is 54.6 Å². The Labute approximate surface area is 220 Å². The molecule has 2 N–H and O–H groups in total. The van der Waals surface area contributed by atoms with Crippen LogP contribution in [0.5, 0.6) is 5.75 Å². The van der Waals surface area contributed by atoms with E-state index in [9.17, 15) is 4.79 Å². The van der Waals surface area contributed by atoms with Gasteiger partial charge in [0.1, 0.15) is 11.7 Å². The molecule has 180 valence electrons. The number of amides is 1. The summed E-state index contributed by atoms with van der Waals surface area (Å²) in [6.07, 6.45) is 0. The molecule has 5 nitrogen and oxygen atoms in total. The summed E-state index contributed by atoms with van der Waals surface area (Å²) in [4.78, 5) is 15.8. The van der Waals surface area contributed by atoms with Gasteiger partial charge < -0.3 is 15.4 Å². The third kappa shape index (κ3) is 4.03. The molecule has 0 aliphatic carbocycles. The Morgan fingerprint density at radius 2 is 1.74 bits per heavy atom. The van der Waals surface area contributed by atoms with E-state index in [0.717, 1.165) is 28.1 Å². The van der Waals surface area contributed by atoms with Crippen LogP contribution in [0.1, 0.15) is 35.2 Å². The number of nitrogens with one attached hydrogen (secondary N) is 2. The number of anilines is 2. The number of rotatable bonds is 3. The minimum atomic E-state index is -1.16. The average molecular weight is 526 g/mol. The summed E-state index contributed by atoms with van der Waals surface area (Å²) in [6.45, 7) is 7.90. The van der Waals surface area contributed by atoms with Gasteiger partial charge in [0.05, 0.1) is 11.1 Å². The molecule has 2 aliphatic rings. The van der Waals surface area contributed by atoms with Crippen LogP contribution in [-0.2, 0) is 4.79 Å². The Morgan fingerprint density at radius 3 is 2.43 bits per heavy atom. The van der Waals surface area contributed by atoms with E-state index in [1.54, 1.807) is 12.1 Å². The first-order chi connectivity index (χ1) is 16.6. The predicted octanol–water partition coefficient (Wildman–Crippen LogP) is 6.72. The molecule has 8 heteroatoms. The van der Waals surface area contributed by atoms with E-state index in [4.69, 9.17) is 40.2 Å². The van der Waals surface area contributed by atoms with E-state index in [2.05, 4.69) is 10.6 Å². The van der Waals surface area contributed by atoms with Crippen LogP contribution in [0.4, 0.5) is 11.4 Å². The molecule has 1 amide bonds. The summed E-state index contributed by atoms with van der Waals surface area (Å²) in [6, 6.07) is 16.8. The number of halogens is 2. The van der Waals surface area contributed by atoms with E-state index < -0.39 is 17.7 Å². The van der Waals surface area contributed by atoms with Crippen molar-refractivity contribution in [1.82, 2.24) is 5.32 Å². The van der Waals surface area contributed by atoms with Crippen LogP contribution in [0.2, 0.25) is 10.0 Å². The van der Waals surface area contributed by atoms with Gasteiger partial charge in [-0.2, -0.15) is 0 Å². The van der Waals surface area contributed by atoms with Crippen molar-refractivity contribution in [2.45, 2.75) is 39.5 Å². The Morgan fingerprint density at radius 1 is 1.06 bits per heavy atom. The largest absolute Gasteiger partial charge is 0.465 e. The van der Waals surface area contributed by atoms with Crippen LogP contribution in [0.3, 0.4) is 0 Å². The molecule has 2 aliphatic heterocycles. The lowest BCUT2D eigenvalue weighted by Gasteiger charge is -2.56. The normalized spacial score (nSPS) is 22.7. The van der Waals surface area contributed by atoms with Gasteiger partial charge in [-0.25, -0.2) is 0 Å².